The van der Waals surface area contributed by atoms with Crippen molar-refractivity contribution in [2.75, 3.05) is 6.54 Å². The summed E-state index contributed by atoms with van der Waals surface area (Å²) in [6, 6.07) is 6.54. The fraction of sp³-hybridized carbons (Fsp3) is 0.562. The normalized spacial score (nSPS) is 13.2. The maximum Gasteiger partial charge on any atom is 0.116 e. The summed E-state index contributed by atoms with van der Waals surface area (Å²) >= 11 is 0. The van der Waals surface area contributed by atoms with E-state index >= 15 is 0 Å². The minimum Gasteiger partial charge on any atom is -0.331 e. The summed E-state index contributed by atoms with van der Waals surface area (Å²) in [4.78, 5) is 4.76. The molecule has 3 heteroatoms. The first-order valence-electron chi connectivity index (χ1n) is 6.84. The molecule has 0 aliphatic rings. The van der Waals surface area contributed by atoms with E-state index in [2.05, 4.69) is 64.4 Å². The van der Waals surface area contributed by atoms with Gasteiger partial charge < -0.3 is 10.3 Å². The molecule has 1 aromatic heterocycles. The second kappa shape index (κ2) is 4.34. The van der Waals surface area contributed by atoms with Crippen molar-refractivity contribution < 1.29 is 0 Å². The number of imidazole rings is 1. The van der Waals surface area contributed by atoms with Gasteiger partial charge in [-0.3, -0.25) is 0 Å². The zero-order valence-corrected chi connectivity index (χ0v) is 12.9. The molecule has 1 aromatic carbocycles. The second-order valence-corrected chi connectivity index (χ2v) is 7.04. The Hall–Kier alpha value is -1.35. The lowest BCUT2D eigenvalue weighted by molar-refractivity contribution is 0.487. The first-order chi connectivity index (χ1) is 8.66. The van der Waals surface area contributed by atoms with E-state index in [1.54, 1.807) is 0 Å². The fourth-order valence-electron chi connectivity index (χ4n) is 2.35. The molecule has 0 aliphatic carbocycles. The van der Waals surface area contributed by atoms with Crippen LogP contribution in [0.2, 0.25) is 0 Å². The second-order valence-electron chi connectivity index (χ2n) is 7.04. The van der Waals surface area contributed by atoms with Gasteiger partial charge in [-0.25, -0.2) is 4.98 Å². The summed E-state index contributed by atoms with van der Waals surface area (Å²) < 4.78 is 2.18. The average molecular weight is 259 g/mol. The molecule has 0 radical (unpaired) electrons. The highest BCUT2D eigenvalue weighted by Crippen LogP contribution is 2.29. The Kier molecular flexibility index (Phi) is 3.21. The van der Waals surface area contributed by atoms with Crippen LogP contribution in [0.25, 0.3) is 11.0 Å². The van der Waals surface area contributed by atoms with Gasteiger partial charge in [-0.15, -0.1) is 0 Å². The molecule has 0 atom stereocenters. The molecule has 0 saturated heterocycles. The highest BCUT2D eigenvalue weighted by molar-refractivity contribution is 5.77. The monoisotopic (exact) mass is 259 g/mol. The lowest BCUT2D eigenvalue weighted by atomic mass is 9.87. The van der Waals surface area contributed by atoms with Gasteiger partial charge in [0.2, 0.25) is 0 Å². The minimum absolute atomic E-state index is 0.102. The van der Waals surface area contributed by atoms with Crippen molar-refractivity contribution >= 4 is 11.0 Å². The number of hydrogen-bond acceptors (Lipinski definition) is 2. The Morgan fingerprint density at radius 1 is 1.16 bits per heavy atom. The first kappa shape index (κ1) is 14.1. The molecule has 2 aromatic rings. The number of aromatic nitrogens is 2. The third-order valence-electron chi connectivity index (χ3n) is 3.86. The molecular formula is C16H25N3. The molecule has 0 saturated carbocycles. The van der Waals surface area contributed by atoms with Crippen molar-refractivity contribution in [3.63, 3.8) is 0 Å². The molecule has 0 aliphatic heterocycles. The fourth-order valence-corrected chi connectivity index (χ4v) is 2.35. The quantitative estimate of drug-likeness (QED) is 0.900. The zero-order chi connectivity index (χ0) is 14.4. The molecule has 3 nitrogen and oxygen atoms in total. The van der Waals surface area contributed by atoms with Gasteiger partial charge in [0.25, 0.3) is 0 Å². The molecule has 1 heterocycles. The van der Waals surface area contributed by atoms with E-state index in [0.29, 0.717) is 6.54 Å². The molecule has 0 fully saturated rings. The smallest absolute Gasteiger partial charge is 0.116 e. The van der Waals surface area contributed by atoms with Crippen molar-refractivity contribution in [1.82, 2.24) is 9.55 Å². The average Bonchev–Trinajstić information content (AvgIpc) is 2.66. The van der Waals surface area contributed by atoms with E-state index in [1.807, 2.05) is 0 Å². The van der Waals surface area contributed by atoms with Crippen LogP contribution in [0.4, 0.5) is 0 Å². The van der Waals surface area contributed by atoms with Gasteiger partial charge in [0.1, 0.15) is 5.82 Å². The van der Waals surface area contributed by atoms with Crippen LogP contribution in [0.3, 0.4) is 0 Å². The van der Waals surface area contributed by atoms with E-state index in [1.165, 1.54) is 11.1 Å². The Labute approximate surface area is 115 Å². The third kappa shape index (κ3) is 2.39. The Bertz CT molecular complexity index is 600. The summed E-state index contributed by atoms with van der Waals surface area (Å²) in [5, 5.41) is 0. The topological polar surface area (TPSA) is 43.8 Å². The van der Waals surface area contributed by atoms with E-state index in [4.69, 9.17) is 10.7 Å². The summed E-state index contributed by atoms with van der Waals surface area (Å²) in [5.74, 6) is 1.05. The number of nitrogens with zero attached hydrogens (tertiary/aromatic N) is 2. The molecule has 2 rings (SSSR count). The first-order valence-corrected chi connectivity index (χ1v) is 6.84. The number of rotatable bonds is 2. The van der Waals surface area contributed by atoms with Gasteiger partial charge in [0, 0.05) is 19.0 Å². The van der Waals surface area contributed by atoms with E-state index in [0.717, 1.165) is 11.3 Å². The summed E-state index contributed by atoms with van der Waals surface area (Å²) in [7, 11) is 2.08. The predicted molar refractivity (Wildman–Crippen MR) is 81.5 cm³/mol. The van der Waals surface area contributed by atoms with Crippen LogP contribution in [-0.4, -0.2) is 16.1 Å². The van der Waals surface area contributed by atoms with Gasteiger partial charge in [-0.2, -0.15) is 0 Å². The summed E-state index contributed by atoms with van der Waals surface area (Å²) in [5.41, 5.74) is 9.49. The molecule has 104 valence electrons. The van der Waals surface area contributed by atoms with Gasteiger partial charge in [-0.1, -0.05) is 40.7 Å². The Balaban J connectivity index is 2.66. The molecule has 0 amide bonds. The Morgan fingerprint density at radius 2 is 1.79 bits per heavy atom. The number of aryl methyl sites for hydroxylation is 1. The van der Waals surface area contributed by atoms with Crippen LogP contribution in [0.15, 0.2) is 18.2 Å². The van der Waals surface area contributed by atoms with Gasteiger partial charge in [0.05, 0.1) is 11.0 Å². The molecular weight excluding hydrogens is 234 g/mol. The Morgan fingerprint density at radius 3 is 2.32 bits per heavy atom. The number of nitrogens with two attached hydrogens (primary N) is 1. The van der Waals surface area contributed by atoms with Crippen LogP contribution < -0.4 is 5.73 Å². The highest BCUT2D eigenvalue weighted by Gasteiger charge is 2.25. The summed E-state index contributed by atoms with van der Waals surface area (Å²) in [6.07, 6.45) is 0. The maximum atomic E-state index is 5.87. The van der Waals surface area contributed by atoms with Crippen LogP contribution in [0.1, 0.15) is 46.0 Å². The van der Waals surface area contributed by atoms with Crippen molar-refractivity contribution in [1.29, 1.82) is 0 Å². The third-order valence-corrected chi connectivity index (χ3v) is 3.86. The van der Waals surface area contributed by atoms with Crippen molar-refractivity contribution in [3.8, 4) is 0 Å². The number of fused-ring (bicyclic) bond motifs is 1. The van der Waals surface area contributed by atoms with Crippen LogP contribution >= 0.6 is 0 Å². The molecule has 19 heavy (non-hydrogen) atoms. The van der Waals surface area contributed by atoms with Gasteiger partial charge >= 0.3 is 0 Å². The van der Waals surface area contributed by atoms with Crippen LogP contribution in [-0.2, 0) is 17.9 Å². The maximum absolute atomic E-state index is 5.87. The lowest BCUT2D eigenvalue weighted by Gasteiger charge is -2.22. The van der Waals surface area contributed by atoms with Gasteiger partial charge in [-0.05, 0) is 23.1 Å². The molecule has 0 bridgehead atoms. The lowest BCUT2D eigenvalue weighted by Crippen LogP contribution is -2.31. The largest absolute Gasteiger partial charge is 0.331 e. The predicted octanol–water partition coefficient (Wildman–Crippen LogP) is 3.11. The highest BCUT2D eigenvalue weighted by atomic mass is 15.1. The van der Waals surface area contributed by atoms with Crippen LogP contribution in [0.5, 0.6) is 0 Å². The van der Waals surface area contributed by atoms with Crippen molar-refractivity contribution in [3.05, 3.63) is 29.6 Å². The van der Waals surface area contributed by atoms with Crippen LogP contribution in [0, 0.1) is 0 Å². The summed E-state index contributed by atoms with van der Waals surface area (Å²) in [6.45, 7) is 11.6. The number of benzene rings is 1. The van der Waals surface area contributed by atoms with E-state index in [-0.39, 0.29) is 10.8 Å². The standard InChI is InChI=1S/C16H25N3/c1-15(2,3)11-7-8-12-13(9-11)19(6)14(18-12)16(4,5)10-17/h7-9H,10,17H2,1-6H3. The SMILES string of the molecule is Cn1c(C(C)(C)CN)nc2ccc(C(C)(C)C)cc21. The van der Waals surface area contributed by atoms with Crippen molar-refractivity contribution in [2.24, 2.45) is 12.8 Å². The molecule has 2 N–H and O–H groups in total. The van der Waals surface area contributed by atoms with E-state index < -0.39 is 0 Å². The van der Waals surface area contributed by atoms with E-state index in [9.17, 15) is 0 Å². The minimum atomic E-state index is -0.102. The van der Waals surface area contributed by atoms with Crippen molar-refractivity contribution in [2.45, 2.75) is 45.4 Å². The number of hydrogen-bond donors (Lipinski definition) is 1. The van der Waals surface area contributed by atoms with Gasteiger partial charge in [0.15, 0.2) is 0 Å². The zero-order valence-electron chi connectivity index (χ0n) is 12.9. The molecule has 0 spiro atoms. The molecule has 0 unspecified atom stereocenters.